The smallest absolute Gasteiger partial charge is 0.344 e. The summed E-state index contributed by atoms with van der Waals surface area (Å²) in [6.45, 7) is 0.770. The standard InChI is InChI=1S/C17H14Cl2N2O6/c1-10(17(23)20-13-7-6-11(18)8-12(13)19)27-16(22)9-26-15-5-3-2-4-14(15)21(24)25/h2-8,10H,9H2,1H3,(H,20,23)/t10-/m1/s1. The fraction of sp³-hybridized carbons (Fsp3) is 0.176. The molecule has 0 heterocycles. The lowest BCUT2D eigenvalue weighted by Crippen LogP contribution is -2.31. The fourth-order valence-corrected chi connectivity index (χ4v) is 2.43. The molecule has 0 aliphatic carbocycles. The lowest BCUT2D eigenvalue weighted by Gasteiger charge is -2.14. The number of para-hydroxylation sites is 2. The average molecular weight is 413 g/mol. The molecule has 0 bridgehead atoms. The molecule has 27 heavy (non-hydrogen) atoms. The topological polar surface area (TPSA) is 108 Å². The van der Waals surface area contributed by atoms with E-state index in [4.69, 9.17) is 32.7 Å². The van der Waals surface area contributed by atoms with E-state index in [0.717, 1.165) is 0 Å². The lowest BCUT2D eigenvalue weighted by molar-refractivity contribution is -0.385. The van der Waals surface area contributed by atoms with Gasteiger partial charge in [0.15, 0.2) is 18.5 Å². The number of hydrogen-bond acceptors (Lipinski definition) is 6. The maximum absolute atomic E-state index is 12.1. The molecule has 0 aliphatic heterocycles. The number of nitrogens with zero attached hydrogens (tertiary/aromatic N) is 1. The third-order valence-electron chi connectivity index (χ3n) is 3.27. The normalized spacial score (nSPS) is 11.4. The predicted octanol–water partition coefficient (Wildman–Crippen LogP) is 3.85. The summed E-state index contributed by atoms with van der Waals surface area (Å²) in [5.41, 5.74) is 0.0265. The molecule has 142 valence electrons. The van der Waals surface area contributed by atoms with Gasteiger partial charge >= 0.3 is 11.7 Å². The highest BCUT2D eigenvalue weighted by Crippen LogP contribution is 2.26. The number of nitro benzene ring substituents is 1. The minimum absolute atomic E-state index is 0.0792. The van der Waals surface area contributed by atoms with Gasteiger partial charge in [-0.1, -0.05) is 35.3 Å². The van der Waals surface area contributed by atoms with E-state index in [9.17, 15) is 19.7 Å². The van der Waals surface area contributed by atoms with Crippen molar-refractivity contribution in [2.24, 2.45) is 0 Å². The van der Waals surface area contributed by atoms with E-state index >= 15 is 0 Å². The Morgan fingerprint density at radius 1 is 1.22 bits per heavy atom. The van der Waals surface area contributed by atoms with Crippen LogP contribution in [0.25, 0.3) is 0 Å². The summed E-state index contributed by atoms with van der Waals surface area (Å²) < 4.78 is 10.1. The monoisotopic (exact) mass is 412 g/mol. The van der Waals surface area contributed by atoms with Gasteiger partial charge in [-0.3, -0.25) is 14.9 Å². The van der Waals surface area contributed by atoms with E-state index in [1.165, 1.54) is 43.3 Å². The largest absolute Gasteiger partial charge is 0.475 e. The summed E-state index contributed by atoms with van der Waals surface area (Å²) in [6.07, 6.45) is -1.14. The van der Waals surface area contributed by atoms with E-state index in [2.05, 4.69) is 5.32 Å². The molecule has 1 amide bonds. The molecule has 0 saturated heterocycles. The molecule has 0 radical (unpaired) electrons. The van der Waals surface area contributed by atoms with Crippen molar-refractivity contribution in [1.29, 1.82) is 0 Å². The van der Waals surface area contributed by atoms with Crippen LogP contribution in [-0.2, 0) is 14.3 Å². The first kappa shape index (κ1) is 20.5. The van der Waals surface area contributed by atoms with Crippen LogP contribution >= 0.6 is 23.2 Å². The number of hydrogen-bond donors (Lipinski definition) is 1. The molecular weight excluding hydrogens is 399 g/mol. The van der Waals surface area contributed by atoms with Gasteiger partial charge in [-0.25, -0.2) is 4.79 Å². The third kappa shape index (κ3) is 5.83. The molecule has 1 atom stereocenters. The van der Waals surface area contributed by atoms with Crippen LogP contribution in [0.3, 0.4) is 0 Å². The van der Waals surface area contributed by atoms with Crippen molar-refractivity contribution in [2.75, 3.05) is 11.9 Å². The van der Waals surface area contributed by atoms with Crippen molar-refractivity contribution in [3.05, 3.63) is 62.6 Å². The highest BCUT2D eigenvalue weighted by atomic mass is 35.5. The molecule has 10 heteroatoms. The van der Waals surface area contributed by atoms with E-state index in [0.29, 0.717) is 10.7 Å². The Kier molecular flexibility index (Phi) is 6.98. The van der Waals surface area contributed by atoms with Crippen molar-refractivity contribution < 1.29 is 24.0 Å². The van der Waals surface area contributed by atoms with Crippen LogP contribution in [0.5, 0.6) is 5.75 Å². The van der Waals surface area contributed by atoms with Crippen molar-refractivity contribution in [1.82, 2.24) is 0 Å². The van der Waals surface area contributed by atoms with Crippen molar-refractivity contribution in [3.8, 4) is 5.75 Å². The third-order valence-corrected chi connectivity index (χ3v) is 3.82. The molecule has 0 unspecified atom stereocenters. The van der Waals surface area contributed by atoms with Crippen LogP contribution in [0, 0.1) is 10.1 Å². The molecular formula is C17H14Cl2N2O6. The number of esters is 1. The van der Waals surface area contributed by atoms with Gasteiger partial charge in [0.05, 0.1) is 15.6 Å². The molecule has 0 aliphatic rings. The number of benzene rings is 2. The second kappa shape index (κ2) is 9.20. The highest BCUT2D eigenvalue weighted by molar-refractivity contribution is 6.36. The Bertz CT molecular complexity index is 874. The number of amides is 1. The van der Waals surface area contributed by atoms with Crippen LogP contribution in [0.2, 0.25) is 10.0 Å². The molecule has 8 nitrogen and oxygen atoms in total. The van der Waals surface area contributed by atoms with Crippen LogP contribution in [0.15, 0.2) is 42.5 Å². The number of anilines is 1. The van der Waals surface area contributed by atoms with Gasteiger partial charge in [0.1, 0.15) is 0 Å². The summed E-state index contributed by atoms with van der Waals surface area (Å²) in [5.74, 6) is -1.55. The number of halogens is 2. The Hall–Kier alpha value is -2.84. The molecule has 0 spiro atoms. The van der Waals surface area contributed by atoms with E-state index in [1.807, 2.05) is 0 Å². The molecule has 1 N–H and O–H groups in total. The van der Waals surface area contributed by atoms with E-state index in [1.54, 1.807) is 6.07 Å². The van der Waals surface area contributed by atoms with E-state index in [-0.39, 0.29) is 16.5 Å². The number of carbonyl (C=O) groups excluding carboxylic acids is 2. The number of carbonyl (C=O) groups is 2. The summed E-state index contributed by atoms with van der Waals surface area (Å²) in [6, 6.07) is 10.1. The first-order chi connectivity index (χ1) is 12.8. The minimum atomic E-state index is -1.14. The van der Waals surface area contributed by atoms with Crippen LogP contribution in [0.4, 0.5) is 11.4 Å². The van der Waals surface area contributed by atoms with Crippen molar-refractivity contribution in [2.45, 2.75) is 13.0 Å². The van der Waals surface area contributed by atoms with Gasteiger partial charge in [-0.2, -0.15) is 0 Å². The van der Waals surface area contributed by atoms with Gasteiger partial charge in [-0.15, -0.1) is 0 Å². The minimum Gasteiger partial charge on any atom is -0.475 e. The Labute approximate surface area is 164 Å². The van der Waals surface area contributed by atoms with Gasteiger partial charge in [0.2, 0.25) is 0 Å². The van der Waals surface area contributed by atoms with Gasteiger partial charge in [0.25, 0.3) is 5.91 Å². The molecule has 0 fully saturated rings. The molecule has 2 rings (SSSR count). The summed E-state index contributed by atoms with van der Waals surface area (Å²) in [4.78, 5) is 34.2. The van der Waals surface area contributed by atoms with Crippen molar-refractivity contribution >= 4 is 46.5 Å². The van der Waals surface area contributed by atoms with Crippen LogP contribution < -0.4 is 10.1 Å². The first-order valence-electron chi connectivity index (χ1n) is 7.59. The number of ether oxygens (including phenoxy) is 2. The maximum atomic E-state index is 12.1. The molecule has 2 aromatic rings. The Balaban J connectivity index is 1.89. The van der Waals surface area contributed by atoms with Crippen LogP contribution in [0.1, 0.15) is 6.92 Å². The SMILES string of the molecule is C[C@@H](OC(=O)COc1ccccc1[N+](=O)[O-])C(=O)Nc1ccc(Cl)cc1Cl. The fourth-order valence-electron chi connectivity index (χ4n) is 1.98. The zero-order valence-corrected chi connectivity index (χ0v) is 15.5. The summed E-state index contributed by atoms with van der Waals surface area (Å²) in [5, 5.41) is 14.0. The summed E-state index contributed by atoms with van der Waals surface area (Å²) >= 11 is 11.7. The number of rotatable bonds is 7. The van der Waals surface area contributed by atoms with Gasteiger partial charge < -0.3 is 14.8 Å². The number of nitrogens with one attached hydrogen (secondary N) is 1. The lowest BCUT2D eigenvalue weighted by atomic mass is 10.3. The van der Waals surface area contributed by atoms with Crippen LogP contribution in [-0.4, -0.2) is 29.5 Å². The van der Waals surface area contributed by atoms with Gasteiger partial charge in [0, 0.05) is 11.1 Å². The quantitative estimate of drug-likeness (QED) is 0.420. The predicted molar refractivity (Wildman–Crippen MR) is 99.2 cm³/mol. The molecule has 2 aromatic carbocycles. The maximum Gasteiger partial charge on any atom is 0.344 e. The summed E-state index contributed by atoms with van der Waals surface area (Å²) in [7, 11) is 0. The average Bonchev–Trinajstić information content (AvgIpc) is 2.62. The molecule has 0 saturated carbocycles. The second-order valence-corrected chi connectivity index (χ2v) is 6.10. The zero-order valence-electron chi connectivity index (χ0n) is 14.0. The first-order valence-corrected chi connectivity index (χ1v) is 8.35. The molecule has 0 aromatic heterocycles. The second-order valence-electron chi connectivity index (χ2n) is 5.26. The Morgan fingerprint density at radius 2 is 1.93 bits per heavy atom. The number of nitro groups is 1. The zero-order chi connectivity index (χ0) is 20.0. The Morgan fingerprint density at radius 3 is 2.59 bits per heavy atom. The van der Waals surface area contributed by atoms with E-state index < -0.39 is 29.5 Å². The van der Waals surface area contributed by atoms with Crippen molar-refractivity contribution in [3.63, 3.8) is 0 Å². The van der Waals surface area contributed by atoms with Gasteiger partial charge in [-0.05, 0) is 31.2 Å². The highest BCUT2D eigenvalue weighted by Gasteiger charge is 2.20.